The molecule has 0 bridgehead atoms. The Morgan fingerprint density at radius 1 is 0.758 bits per heavy atom. The fourth-order valence-electron chi connectivity index (χ4n) is 3.85. The lowest BCUT2D eigenvalue weighted by molar-refractivity contribution is 0.268. The van der Waals surface area contributed by atoms with E-state index in [0.29, 0.717) is 25.0 Å². The lowest BCUT2D eigenvalue weighted by atomic mass is 10.1. The minimum atomic E-state index is 0.430. The van der Waals surface area contributed by atoms with Crippen molar-refractivity contribution in [3.8, 4) is 22.9 Å². The summed E-state index contributed by atoms with van der Waals surface area (Å²) in [6, 6.07) is 30.4. The summed E-state index contributed by atoms with van der Waals surface area (Å²) in [6.45, 7) is 0.882. The molecule has 3 aromatic carbocycles. The maximum absolute atomic E-state index is 6.24. The SMILES string of the molecule is Cn1cc(-c2ccc(OCc3ccccc3)nc2OCc2ccccc2)c2ccc(Br)cc21. The van der Waals surface area contributed by atoms with Gasteiger partial charge in [-0.25, -0.2) is 0 Å². The highest BCUT2D eigenvalue weighted by molar-refractivity contribution is 9.10. The summed E-state index contributed by atoms with van der Waals surface area (Å²) in [5.74, 6) is 1.09. The molecule has 0 saturated carbocycles. The molecule has 33 heavy (non-hydrogen) atoms. The van der Waals surface area contributed by atoms with Crippen molar-refractivity contribution < 1.29 is 9.47 Å². The second-order valence-electron chi connectivity index (χ2n) is 7.87. The van der Waals surface area contributed by atoms with Crippen LogP contribution in [0.3, 0.4) is 0 Å². The van der Waals surface area contributed by atoms with Gasteiger partial charge in [-0.2, -0.15) is 4.98 Å². The van der Waals surface area contributed by atoms with E-state index in [1.54, 1.807) is 0 Å². The molecule has 5 heteroatoms. The summed E-state index contributed by atoms with van der Waals surface area (Å²) in [7, 11) is 2.05. The Hall–Kier alpha value is -3.57. The largest absolute Gasteiger partial charge is 0.473 e. The number of aryl methyl sites for hydroxylation is 1. The number of halogens is 1. The fraction of sp³-hybridized carbons (Fsp3) is 0.107. The summed E-state index contributed by atoms with van der Waals surface area (Å²) in [4.78, 5) is 4.75. The number of benzene rings is 3. The van der Waals surface area contributed by atoms with E-state index in [1.165, 1.54) is 0 Å². The van der Waals surface area contributed by atoms with Crippen LogP contribution in [0.4, 0.5) is 0 Å². The minimum absolute atomic E-state index is 0.430. The van der Waals surface area contributed by atoms with Gasteiger partial charge < -0.3 is 14.0 Å². The van der Waals surface area contributed by atoms with Gasteiger partial charge in [0.05, 0.1) is 0 Å². The van der Waals surface area contributed by atoms with Gasteiger partial charge in [0.2, 0.25) is 11.8 Å². The third-order valence-corrected chi connectivity index (χ3v) is 6.02. The first kappa shape index (κ1) is 21.3. The fourth-order valence-corrected chi connectivity index (χ4v) is 4.20. The standard InChI is InChI=1S/C28H23BrN2O2/c1-31-17-25(23-13-12-22(29)16-26(23)31)24-14-15-27(32-18-20-8-4-2-5-9-20)30-28(24)33-19-21-10-6-3-7-11-21/h2-17H,18-19H2,1H3. The molecule has 0 spiro atoms. The second-order valence-corrected chi connectivity index (χ2v) is 8.78. The monoisotopic (exact) mass is 498 g/mol. The Balaban J connectivity index is 1.51. The zero-order valence-electron chi connectivity index (χ0n) is 18.2. The van der Waals surface area contributed by atoms with E-state index in [1.807, 2.05) is 79.8 Å². The first-order valence-corrected chi connectivity index (χ1v) is 11.6. The molecule has 0 aliphatic rings. The van der Waals surface area contributed by atoms with Crippen LogP contribution in [0.25, 0.3) is 22.0 Å². The molecule has 5 rings (SSSR count). The maximum Gasteiger partial charge on any atom is 0.225 e. The molecule has 0 radical (unpaired) electrons. The number of fused-ring (bicyclic) bond motifs is 1. The maximum atomic E-state index is 6.24. The summed E-state index contributed by atoms with van der Waals surface area (Å²) in [6.07, 6.45) is 2.12. The Morgan fingerprint density at radius 2 is 1.42 bits per heavy atom. The van der Waals surface area contributed by atoms with Crippen LogP contribution in [0.1, 0.15) is 11.1 Å². The van der Waals surface area contributed by atoms with E-state index < -0.39 is 0 Å². The third-order valence-electron chi connectivity index (χ3n) is 5.53. The zero-order chi connectivity index (χ0) is 22.6. The number of hydrogen-bond acceptors (Lipinski definition) is 3. The van der Waals surface area contributed by atoms with Crippen LogP contribution < -0.4 is 9.47 Å². The average molecular weight is 499 g/mol. The molecular weight excluding hydrogens is 476 g/mol. The highest BCUT2D eigenvalue weighted by atomic mass is 79.9. The Labute approximate surface area is 201 Å². The van der Waals surface area contributed by atoms with Gasteiger partial charge in [0.15, 0.2) is 0 Å². The van der Waals surface area contributed by atoms with Crippen molar-refractivity contribution >= 4 is 26.8 Å². The molecule has 5 aromatic rings. The van der Waals surface area contributed by atoms with Crippen molar-refractivity contribution in [1.29, 1.82) is 0 Å². The Kier molecular flexibility index (Phi) is 6.13. The van der Waals surface area contributed by atoms with Crippen molar-refractivity contribution in [2.24, 2.45) is 7.05 Å². The van der Waals surface area contributed by atoms with E-state index in [9.17, 15) is 0 Å². The molecule has 0 unspecified atom stereocenters. The molecule has 0 aliphatic carbocycles. The summed E-state index contributed by atoms with van der Waals surface area (Å²) in [5, 5.41) is 1.14. The van der Waals surface area contributed by atoms with Crippen LogP contribution in [0.5, 0.6) is 11.8 Å². The third kappa shape index (κ3) is 4.78. The average Bonchev–Trinajstić information content (AvgIpc) is 3.18. The molecule has 0 amide bonds. The van der Waals surface area contributed by atoms with Crippen molar-refractivity contribution in [3.05, 3.63) is 113 Å². The van der Waals surface area contributed by atoms with E-state index in [0.717, 1.165) is 37.6 Å². The normalized spacial score (nSPS) is 11.0. The molecule has 0 N–H and O–H groups in total. The van der Waals surface area contributed by atoms with Gasteiger partial charge in [0, 0.05) is 45.8 Å². The van der Waals surface area contributed by atoms with Gasteiger partial charge in [0.1, 0.15) is 13.2 Å². The number of aromatic nitrogens is 2. The van der Waals surface area contributed by atoms with E-state index >= 15 is 0 Å². The van der Waals surface area contributed by atoms with E-state index in [4.69, 9.17) is 14.5 Å². The van der Waals surface area contributed by atoms with Crippen LogP contribution in [-0.4, -0.2) is 9.55 Å². The van der Waals surface area contributed by atoms with E-state index in [2.05, 4.69) is 44.9 Å². The minimum Gasteiger partial charge on any atom is -0.473 e. The quantitative estimate of drug-likeness (QED) is 0.238. The molecule has 0 atom stereocenters. The highest BCUT2D eigenvalue weighted by Crippen LogP contribution is 2.37. The summed E-state index contributed by atoms with van der Waals surface area (Å²) >= 11 is 3.58. The van der Waals surface area contributed by atoms with Gasteiger partial charge in [-0.1, -0.05) is 82.7 Å². The molecule has 0 saturated heterocycles. The highest BCUT2D eigenvalue weighted by Gasteiger charge is 2.16. The van der Waals surface area contributed by atoms with Crippen LogP contribution in [0.2, 0.25) is 0 Å². The van der Waals surface area contributed by atoms with Crippen LogP contribution in [0.15, 0.2) is 102 Å². The Bertz CT molecular complexity index is 1380. The molecule has 4 nitrogen and oxygen atoms in total. The van der Waals surface area contributed by atoms with E-state index in [-0.39, 0.29) is 0 Å². The van der Waals surface area contributed by atoms with Crippen LogP contribution in [0, 0.1) is 0 Å². The molecule has 164 valence electrons. The lowest BCUT2D eigenvalue weighted by Crippen LogP contribution is -2.02. The zero-order valence-corrected chi connectivity index (χ0v) is 19.8. The summed E-state index contributed by atoms with van der Waals surface area (Å²) < 4.78 is 15.4. The summed E-state index contributed by atoms with van der Waals surface area (Å²) in [5.41, 5.74) is 5.33. The first-order valence-electron chi connectivity index (χ1n) is 10.8. The van der Waals surface area contributed by atoms with Crippen molar-refractivity contribution in [2.75, 3.05) is 0 Å². The molecule has 0 aliphatic heterocycles. The second kappa shape index (κ2) is 9.51. The molecule has 2 heterocycles. The number of rotatable bonds is 7. The van der Waals surface area contributed by atoms with Gasteiger partial charge in [-0.3, -0.25) is 0 Å². The van der Waals surface area contributed by atoms with Crippen molar-refractivity contribution in [1.82, 2.24) is 9.55 Å². The number of hydrogen-bond donors (Lipinski definition) is 0. The first-order chi connectivity index (χ1) is 16.2. The topological polar surface area (TPSA) is 36.3 Å². The molecule has 0 fully saturated rings. The van der Waals surface area contributed by atoms with Gasteiger partial charge >= 0.3 is 0 Å². The van der Waals surface area contributed by atoms with Crippen molar-refractivity contribution in [3.63, 3.8) is 0 Å². The van der Waals surface area contributed by atoms with Crippen LogP contribution in [-0.2, 0) is 20.3 Å². The molecular formula is C28H23BrN2O2. The lowest BCUT2D eigenvalue weighted by Gasteiger charge is -2.13. The smallest absolute Gasteiger partial charge is 0.225 e. The number of ether oxygens (including phenoxy) is 2. The van der Waals surface area contributed by atoms with Gasteiger partial charge in [0.25, 0.3) is 0 Å². The van der Waals surface area contributed by atoms with Gasteiger partial charge in [-0.15, -0.1) is 0 Å². The number of pyridine rings is 1. The van der Waals surface area contributed by atoms with Gasteiger partial charge in [-0.05, 0) is 29.3 Å². The van der Waals surface area contributed by atoms with Crippen molar-refractivity contribution in [2.45, 2.75) is 13.2 Å². The number of nitrogens with zero attached hydrogens (tertiary/aromatic N) is 2. The molecule has 2 aromatic heterocycles. The Morgan fingerprint density at radius 3 is 2.12 bits per heavy atom. The predicted octanol–water partition coefficient (Wildman–Crippen LogP) is 7.16. The van der Waals surface area contributed by atoms with Crippen LogP contribution >= 0.6 is 15.9 Å². The predicted molar refractivity (Wildman–Crippen MR) is 135 cm³/mol.